The Balaban J connectivity index is 2.48. The first-order valence-corrected chi connectivity index (χ1v) is 6.16. The van der Waals surface area contributed by atoms with Gasteiger partial charge in [0.1, 0.15) is 11.5 Å². The van der Waals surface area contributed by atoms with Gasteiger partial charge in [-0.15, -0.1) is 0 Å². The molecule has 0 bridgehead atoms. The van der Waals surface area contributed by atoms with Gasteiger partial charge in [-0.2, -0.15) is 0 Å². The zero-order valence-corrected chi connectivity index (χ0v) is 11.8. The number of carbonyl (C=O) groups excluding carboxylic acids is 1. The first-order chi connectivity index (χ1) is 9.06. The van der Waals surface area contributed by atoms with Crippen molar-refractivity contribution in [3.63, 3.8) is 0 Å². The summed E-state index contributed by atoms with van der Waals surface area (Å²) in [6.07, 6.45) is -0.562. The fourth-order valence-electron chi connectivity index (χ4n) is 1.56. The van der Waals surface area contributed by atoms with Gasteiger partial charge in [-0.3, -0.25) is 4.79 Å². The van der Waals surface area contributed by atoms with Gasteiger partial charge in [0, 0.05) is 13.2 Å². The quantitative estimate of drug-likeness (QED) is 0.815. The van der Waals surface area contributed by atoms with E-state index < -0.39 is 6.10 Å². The minimum atomic E-state index is -0.562. The largest absolute Gasteiger partial charge is 0.497 e. The van der Waals surface area contributed by atoms with E-state index in [2.05, 4.69) is 5.32 Å². The fraction of sp³-hybridized carbons (Fsp3) is 0.500. The number of carbonyl (C=O) groups is 1. The van der Waals surface area contributed by atoms with Crippen LogP contribution in [-0.4, -0.2) is 38.9 Å². The molecule has 1 amide bonds. The molecule has 0 saturated carbocycles. The molecule has 0 aromatic heterocycles. The van der Waals surface area contributed by atoms with Crippen molar-refractivity contribution >= 4 is 5.91 Å². The van der Waals surface area contributed by atoms with Crippen LogP contribution < -0.4 is 14.8 Å². The summed E-state index contributed by atoms with van der Waals surface area (Å²) in [5.41, 5.74) is 0. The lowest BCUT2D eigenvalue weighted by Gasteiger charge is -2.18. The Kier molecular flexibility index (Phi) is 6.15. The van der Waals surface area contributed by atoms with Crippen molar-refractivity contribution < 1.29 is 19.0 Å². The van der Waals surface area contributed by atoms with Crippen molar-refractivity contribution in [2.24, 2.45) is 0 Å². The van der Waals surface area contributed by atoms with E-state index in [0.29, 0.717) is 12.4 Å². The molecule has 0 radical (unpaired) electrons. The Morgan fingerprint density at radius 3 is 2.26 bits per heavy atom. The highest BCUT2D eigenvalue weighted by Crippen LogP contribution is 2.18. The highest BCUT2D eigenvalue weighted by atomic mass is 16.5. The van der Waals surface area contributed by atoms with Crippen molar-refractivity contribution in [3.8, 4) is 11.5 Å². The van der Waals surface area contributed by atoms with Crippen LogP contribution in [-0.2, 0) is 9.53 Å². The number of amides is 1. The lowest BCUT2D eigenvalue weighted by molar-refractivity contribution is -0.128. The first kappa shape index (κ1) is 15.3. The Labute approximate surface area is 113 Å². The SMILES string of the molecule is COCC(C)NC(=O)C(C)Oc1ccc(OC)cc1. The molecule has 1 aromatic rings. The van der Waals surface area contributed by atoms with E-state index in [1.54, 1.807) is 45.4 Å². The number of benzene rings is 1. The van der Waals surface area contributed by atoms with Crippen LogP contribution in [0.4, 0.5) is 0 Å². The van der Waals surface area contributed by atoms with Crippen LogP contribution in [0.5, 0.6) is 11.5 Å². The zero-order chi connectivity index (χ0) is 14.3. The summed E-state index contributed by atoms with van der Waals surface area (Å²) in [6.45, 7) is 4.06. The minimum Gasteiger partial charge on any atom is -0.497 e. The Morgan fingerprint density at radius 1 is 1.16 bits per heavy atom. The second-order valence-corrected chi connectivity index (χ2v) is 4.30. The molecular weight excluding hydrogens is 246 g/mol. The molecule has 0 aliphatic carbocycles. The van der Waals surface area contributed by atoms with Crippen LogP contribution in [0.2, 0.25) is 0 Å². The highest BCUT2D eigenvalue weighted by Gasteiger charge is 2.16. The molecule has 5 nitrogen and oxygen atoms in total. The van der Waals surface area contributed by atoms with E-state index >= 15 is 0 Å². The van der Waals surface area contributed by atoms with Gasteiger partial charge < -0.3 is 19.5 Å². The predicted molar refractivity (Wildman–Crippen MR) is 72.6 cm³/mol. The third-order valence-corrected chi connectivity index (χ3v) is 2.55. The van der Waals surface area contributed by atoms with Crippen LogP contribution in [0.1, 0.15) is 13.8 Å². The summed E-state index contributed by atoms with van der Waals surface area (Å²) in [5, 5.41) is 2.81. The summed E-state index contributed by atoms with van der Waals surface area (Å²) in [6, 6.07) is 7.06. The van der Waals surface area contributed by atoms with Crippen molar-refractivity contribution in [1.29, 1.82) is 0 Å². The Bertz CT molecular complexity index is 391. The third kappa shape index (κ3) is 5.18. The first-order valence-electron chi connectivity index (χ1n) is 6.16. The normalized spacial score (nSPS) is 13.5. The average Bonchev–Trinajstić information content (AvgIpc) is 2.39. The smallest absolute Gasteiger partial charge is 0.261 e. The van der Waals surface area contributed by atoms with Gasteiger partial charge in [0.15, 0.2) is 6.10 Å². The second-order valence-electron chi connectivity index (χ2n) is 4.30. The lowest BCUT2D eigenvalue weighted by atomic mass is 10.3. The molecule has 0 spiro atoms. The van der Waals surface area contributed by atoms with Gasteiger partial charge >= 0.3 is 0 Å². The molecule has 0 saturated heterocycles. The third-order valence-electron chi connectivity index (χ3n) is 2.55. The minimum absolute atomic E-state index is 0.0422. The molecule has 0 heterocycles. The molecule has 1 rings (SSSR count). The molecule has 1 aromatic carbocycles. The van der Waals surface area contributed by atoms with Crippen molar-refractivity contribution in [3.05, 3.63) is 24.3 Å². The maximum atomic E-state index is 11.8. The summed E-state index contributed by atoms with van der Waals surface area (Å²) in [4.78, 5) is 11.8. The highest BCUT2D eigenvalue weighted by molar-refractivity contribution is 5.80. The van der Waals surface area contributed by atoms with Gasteiger partial charge in [-0.25, -0.2) is 0 Å². The summed E-state index contributed by atoms with van der Waals surface area (Å²) >= 11 is 0. The van der Waals surface area contributed by atoms with E-state index in [9.17, 15) is 4.79 Å². The van der Waals surface area contributed by atoms with E-state index in [1.807, 2.05) is 6.92 Å². The molecule has 0 fully saturated rings. The molecule has 2 unspecified atom stereocenters. The van der Waals surface area contributed by atoms with Crippen LogP contribution >= 0.6 is 0 Å². The van der Waals surface area contributed by atoms with E-state index in [0.717, 1.165) is 5.75 Å². The molecule has 0 aliphatic rings. The van der Waals surface area contributed by atoms with E-state index in [1.165, 1.54) is 0 Å². The molecular formula is C14H21NO4. The standard InChI is InChI=1S/C14H21NO4/c1-10(9-17-3)15-14(16)11(2)19-13-7-5-12(18-4)6-8-13/h5-8,10-11H,9H2,1-4H3,(H,15,16). The van der Waals surface area contributed by atoms with Crippen molar-refractivity contribution in [1.82, 2.24) is 5.32 Å². The molecule has 19 heavy (non-hydrogen) atoms. The van der Waals surface area contributed by atoms with E-state index in [-0.39, 0.29) is 11.9 Å². The summed E-state index contributed by atoms with van der Waals surface area (Å²) in [5.74, 6) is 1.21. The van der Waals surface area contributed by atoms with Gasteiger partial charge in [0.05, 0.1) is 13.7 Å². The van der Waals surface area contributed by atoms with Crippen molar-refractivity contribution in [2.45, 2.75) is 26.0 Å². The molecule has 0 aliphatic heterocycles. The maximum Gasteiger partial charge on any atom is 0.261 e. The zero-order valence-electron chi connectivity index (χ0n) is 11.8. The number of rotatable bonds is 7. The monoisotopic (exact) mass is 267 g/mol. The topological polar surface area (TPSA) is 56.8 Å². The predicted octanol–water partition coefficient (Wildman–Crippen LogP) is 1.61. The maximum absolute atomic E-state index is 11.8. The second kappa shape index (κ2) is 7.63. The van der Waals surface area contributed by atoms with Crippen LogP contribution in [0.25, 0.3) is 0 Å². The summed E-state index contributed by atoms with van der Waals surface area (Å²) < 4.78 is 15.6. The van der Waals surface area contributed by atoms with E-state index in [4.69, 9.17) is 14.2 Å². The fourth-order valence-corrected chi connectivity index (χ4v) is 1.56. The Hall–Kier alpha value is -1.75. The van der Waals surface area contributed by atoms with Gasteiger partial charge in [-0.05, 0) is 38.1 Å². The molecule has 5 heteroatoms. The molecule has 106 valence electrons. The van der Waals surface area contributed by atoms with Crippen LogP contribution in [0, 0.1) is 0 Å². The molecule has 1 N–H and O–H groups in total. The van der Waals surface area contributed by atoms with Gasteiger partial charge in [0.25, 0.3) is 5.91 Å². The number of hydrogen-bond acceptors (Lipinski definition) is 4. The van der Waals surface area contributed by atoms with Crippen LogP contribution in [0.3, 0.4) is 0 Å². The summed E-state index contributed by atoms with van der Waals surface area (Å²) in [7, 11) is 3.20. The number of hydrogen-bond donors (Lipinski definition) is 1. The average molecular weight is 267 g/mol. The molecule has 2 atom stereocenters. The van der Waals surface area contributed by atoms with Crippen molar-refractivity contribution in [2.75, 3.05) is 20.8 Å². The van der Waals surface area contributed by atoms with Crippen LogP contribution in [0.15, 0.2) is 24.3 Å². The lowest BCUT2D eigenvalue weighted by Crippen LogP contribution is -2.43. The Morgan fingerprint density at radius 2 is 1.74 bits per heavy atom. The van der Waals surface area contributed by atoms with Gasteiger partial charge in [-0.1, -0.05) is 0 Å². The number of methoxy groups -OCH3 is 2. The number of ether oxygens (including phenoxy) is 3. The van der Waals surface area contributed by atoms with Gasteiger partial charge in [0.2, 0.25) is 0 Å². The number of nitrogens with one attached hydrogen (secondary N) is 1.